The first-order chi connectivity index (χ1) is 50.1. The van der Waals surface area contributed by atoms with Gasteiger partial charge < -0.3 is 18.9 Å². The lowest BCUT2D eigenvalue weighted by atomic mass is 9.85. The summed E-state index contributed by atoms with van der Waals surface area (Å²) in [5.41, 5.74) is 6.70. The van der Waals surface area contributed by atoms with Crippen molar-refractivity contribution in [2.75, 3.05) is 0 Å². The number of esters is 4. The van der Waals surface area contributed by atoms with Crippen molar-refractivity contribution in [2.24, 2.45) is 51.9 Å². The second-order valence-corrected chi connectivity index (χ2v) is 30.5. The molecule has 4 saturated carbocycles. The van der Waals surface area contributed by atoms with Gasteiger partial charge in [0.15, 0.2) is 0 Å². The van der Waals surface area contributed by atoms with E-state index in [-0.39, 0.29) is 34.9 Å². The molecular weight excluding hydrogens is 1370 g/mol. The molecule has 0 aliphatic heterocycles. The van der Waals surface area contributed by atoms with Gasteiger partial charge in [-0.15, -0.1) is 0 Å². The van der Waals surface area contributed by atoms with Gasteiger partial charge in [-0.05, 0) is 145 Å². The summed E-state index contributed by atoms with van der Waals surface area (Å²) in [5.74, 6) is 0.792. The van der Waals surface area contributed by atoms with Gasteiger partial charge in [0, 0.05) is 64.3 Å². The smallest absolute Gasteiger partial charge is 0.343 e. The summed E-state index contributed by atoms with van der Waals surface area (Å²) in [6.07, 6.45) is 20.4. The zero-order chi connectivity index (χ0) is 73.6. The maximum absolute atomic E-state index is 13.3. The maximum atomic E-state index is 13.3. The number of ether oxygens (including phenoxy) is 4. The number of rotatable bonds is 22. The molecule has 12 atom stereocenters. The number of aromatic nitrogens is 8. The summed E-state index contributed by atoms with van der Waals surface area (Å²) < 4.78 is 83.3. The summed E-state index contributed by atoms with van der Waals surface area (Å²) in [6.45, 7) is 8.71. The SMILES string of the molecule is CCCCC1C2CCC1(OC(=O)c1cn(C)nc1C(F)F)c1ccccc12.CCCCC1C2CCC1(OC(=O)c1cn(C)nc1C(F)F)c1ccccc12.CCCCC1C2CCC1(OC(=O)c1cnn(C)c1Cl)c1ccccc12.CCCCC1C2CCC1(OC(=O)c1cnn(C)c1Cl)c1ccccc12. The van der Waals surface area contributed by atoms with Crippen LogP contribution in [0.4, 0.5) is 17.6 Å². The number of carbonyl (C=O) groups excluding carboxylic acids is 4. The van der Waals surface area contributed by atoms with Gasteiger partial charge in [0.1, 0.15) is 66.4 Å². The lowest BCUT2D eigenvalue weighted by Gasteiger charge is -2.33. The van der Waals surface area contributed by atoms with E-state index in [0.717, 1.165) is 140 Å². The predicted molar refractivity (Wildman–Crippen MR) is 387 cm³/mol. The van der Waals surface area contributed by atoms with Crippen LogP contribution in [0.15, 0.2) is 122 Å². The van der Waals surface area contributed by atoms with E-state index in [4.69, 9.17) is 42.1 Å². The molecule has 22 heteroatoms. The Kier molecular flexibility index (Phi) is 21.7. The number of aryl methyl sites for hydroxylation is 4. The summed E-state index contributed by atoms with van der Waals surface area (Å²) in [7, 11) is 6.50. The van der Waals surface area contributed by atoms with Gasteiger partial charge in [0.2, 0.25) is 0 Å². The number of fused-ring (bicyclic) bond motifs is 20. The first-order valence-electron chi connectivity index (χ1n) is 37.4. The molecule has 0 radical (unpaired) electrons. The molecule has 0 N–H and O–H groups in total. The highest BCUT2D eigenvalue weighted by Gasteiger charge is 2.63. The fourth-order valence-electron chi connectivity index (χ4n) is 19.8. The Labute approximate surface area is 615 Å². The van der Waals surface area contributed by atoms with Crippen LogP contribution in [-0.2, 0) is 69.5 Å². The quantitative estimate of drug-likeness (QED) is 0.0357. The molecule has 4 heterocycles. The van der Waals surface area contributed by atoms with Crippen LogP contribution in [0.3, 0.4) is 0 Å². The molecular formula is C82H94Cl2F4N8O8. The second-order valence-electron chi connectivity index (χ2n) is 29.8. The minimum Gasteiger partial charge on any atom is -0.450 e. The molecule has 8 bridgehead atoms. The third-order valence-corrected chi connectivity index (χ3v) is 25.1. The Balaban J connectivity index is 0.000000123. The number of carbonyl (C=O) groups is 4. The van der Waals surface area contributed by atoms with Crippen molar-refractivity contribution < 1.29 is 55.7 Å². The summed E-state index contributed by atoms with van der Waals surface area (Å²) in [5, 5.41) is 16.3. The van der Waals surface area contributed by atoms with Gasteiger partial charge in [-0.25, -0.2) is 36.7 Å². The van der Waals surface area contributed by atoms with Crippen LogP contribution in [0, 0.1) is 23.7 Å². The number of hydrogen-bond acceptors (Lipinski definition) is 12. The van der Waals surface area contributed by atoms with E-state index in [1.807, 2.05) is 48.5 Å². The van der Waals surface area contributed by atoms with Gasteiger partial charge in [-0.1, -0.05) is 199 Å². The normalized spacial score (nSPS) is 26.2. The van der Waals surface area contributed by atoms with Crippen LogP contribution < -0.4 is 0 Å². The van der Waals surface area contributed by atoms with Crippen molar-refractivity contribution in [3.05, 3.63) is 210 Å². The highest BCUT2D eigenvalue weighted by atomic mass is 35.5. The summed E-state index contributed by atoms with van der Waals surface area (Å²) >= 11 is 12.4. The predicted octanol–water partition coefficient (Wildman–Crippen LogP) is 19.9. The highest BCUT2D eigenvalue weighted by Crippen LogP contribution is 2.67. The van der Waals surface area contributed by atoms with Crippen LogP contribution >= 0.6 is 23.2 Å². The average Bonchev–Trinajstić information content (AvgIpc) is 1.57. The van der Waals surface area contributed by atoms with Crippen molar-refractivity contribution in [1.29, 1.82) is 0 Å². The molecule has 0 spiro atoms. The zero-order valence-corrected chi connectivity index (χ0v) is 62.1. The van der Waals surface area contributed by atoms with E-state index >= 15 is 0 Å². The Morgan fingerprint density at radius 3 is 0.904 bits per heavy atom. The van der Waals surface area contributed by atoms with Gasteiger partial charge >= 0.3 is 23.9 Å². The first kappa shape index (κ1) is 74.2. The van der Waals surface area contributed by atoms with Crippen molar-refractivity contribution in [3.8, 4) is 0 Å². The molecule has 0 amide bonds. The van der Waals surface area contributed by atoms with Crippen molar-refractivity contribution >= 4 is 47.1 Å². The van der Waals surface area contributed by atoms with Crippen LogP contribution in [0.1, 0.15) is 290 Å². The topological polar surface area (TPSA) is 176 Å². The first-order valence-corrected chi connectivity index (χ1v) is 38.2. The monoisotopic (exact) mass is 1460 g/mol. The molecule has 4 fully saturated rings. The standard InChI is InChI=1S/2C21H24F2N2O2.2C20H23ClN2O2/c2*1-3-4-8-16-14-10-11-21(16,17-9-6-5-7-13(14)17)27-20(26)15-12-25(2)24-18(15)19(22)23;2*1-3-4-8-16-14-10-11-20(16,17-9-6-5-7-13(14)17)25-19(24)15-12-22-23(2)18(15)21/h2*5-7,9,12,14,16,19H,3-4,8,10-11H2,1-2H3;2*5-7,9,12,14,16H,3-4,8,10-11H2,1-2H3. The van der Waals surface area contributed by atoms with Crippen molar-refractivity contribution in [2.45, 2.75) is 215 Å². The molecule has 4 aromatic heterocycles. The molecule has 16 nitrogen and oxygen atoms in total. The molecule has 552 valence electrons. The third kappa shape index (κ3) is 13.0. The third-order valence-electron chi connectivity index (χ3n) is 24.2. The molecule has 8 aliphatic carbocycles. The fourth-order valence-corrected chi connectivity index (χ4v) is 20.1. The number of nitrogens with zero attached hydrogens (tertiary/aromatic N) is 8. The van der Waals surface area contributed by atoms with E-state index in [1.54, 1.807) is 14.1 Å². The zero-order valence-electron chi connectivity index (χ0n) is 60.6. The fraction of sp³-hybridized carbons (Fsp3) is 0.512. The molecule has 16 rings (SSSR count). The summed E-state index contributed by atoms with van der Waals surface area (Å²) in [6, 6.07) is 33.2. The molecule has 12 unspecified atom stereocenters. The lowest BCUT2D eigenvalue weighted by Crippen LogP contribution is -2.34. The van der Waals surface area contributed by atoms with E-state index in [9.17, 15) is 36.7 Å². The van der Waals surface area contributed by atoms with Gasteiger partial charge in [0.05, 0.1) is 12.4 Å². The number of halogens is 6. The molecule has 8 aromatic rings. The van der Waals surface area contributed by atoms with Crippen LogP contribution in [0.2, 0.25) is 10.3 Å². The van der Waals surface area contributed by atoms with Crippen molar-refractivity contribution in [3.63, 3.8) is 0 Å². The Bertz CT molecular complexity index is 4200. The average molecular weight is 1470 g/mol. The summed E-state index contributed by atoms with van der Waals surface area (Å²) in [4.78, 5) is 51.7. The van der Waals surface area contributed by atoms with Gasteiger partial charge in [-0.2, -0.15) is 20.4 Å². The largest absolute Gasteiger partial charge is 0.450 e. The van der Waals surface area contributed by atoms with Gasteiger partial charge in [-0.3, -0.25) is 18.7 Å². The Morgan fingerprint density at radius 1 is 0.423 bits per heavy atom. The number of benzene rings is 4. The Hall–Kier alpha value is -8.10. The number of unbranched alkanes of at least 4 members (excludes halogenated alkanes) is 4. The van der Waals surface area contributed by atoms with E-state index in [0.29, 0.717) is 56.9 Å². The van der Waals surface area contributed by atoms with Crippen LogP contribution in [-0.4, -0.2) is 63.0 Å². The van der Waals surface area contributed by atoms with Crippen LogP contribution in [0.5, 0.6) is 0 Å². The molecule has 0 saturated heterocycles. The number of hydrogen-bond donors (Lipinski definition) is 0. The highest BCUT2D eigenvalue weighted by molar-refractivity contribution is 6.33. The van der Waals surface area contributed by atoms with Gasteiger partial charge in [0.25, 0.3) is 12.9 Å². The van der Waals surface area contributed by atoms with Crippen molar-refractivity contribution in [1.82, 2.24) is 39.1 Å². The van der Waals surface area contributed by atoms with E-state index in [1.165, 1.54) is 91.0 Å². The Morgan fingerprint density at radius 2 is 0.673 bits per heavy atom. The molecule has 104 heavy (non-hydrogen) atoms. The maximum Gasteiger partial charge on any atom is 0.343 e. The van der Waals surface area contributed by atoms with Crippen LogP contribution in [0.25, 0.3) is 0 Å². The number of alkyl halides is 4. The van der Waals surface area contributed by atoms with E-state index in [2.05, 4.69) is 96.6 Å². The molecule has 8 aliphatic rings. The molecule has 4 aromatic carbocycles. The minimum atomic E-state index is -2.81. The van der Waals surface area contributed by atoms with E-state index < -0.39 is 58.6 Å². The lowest BCUT2D eigenvalue weighted by molar-refractivity contribution is -0.0424. The second kappa shape index (κ2) is 30.4. The minimum absolute atomic E-state index is 0.135.